The summed E-state index contributed by atoms with van der Waals surface area (Å²) in [5.41, 5.74) is 0.467. The highest BCUT2D eigenvalue weighted by Gasteiger charge is 2.63. The molecule has 3 aliphatic heterocycles. The van der Waals surface area contributed by atoms with Gasteiger partial charge in [-0.3, -0.25) is 19.3 Å². The summed E-state index contributed by atoms with van der Waals surface area (Å²) >= 11 is 2.88. The first-order valence-corrected chi connectivity index (χ1v) is 14.7. The summed E-state index contributed by atoms with van der Waals surface area (Å²) in [7, 11) is 0. The summed E-state index contributed by atoms with van der Waals surface area (Å²) in [6.07, 6.45) is -1.47. The van der Waals surface area contributed by atoms with Crippen LogP contribution in [0, 0.1) is 5.41 Å². The minimum absolute atomic E-state index is 0.0932. The maximum atomic E-state index is 14.2. The van der Waals surface area contributed by atoms with Crippen LogP contribution in [0.5, 0.6) is 0 Å². The molecule has 0 spiro atoms. The number of amides is 2. The Morgan fingerprint density at radius 1 is 1.00 bits per heavy atom. The lowest BCUT2D eigenvalue weighted by atomic mass is 9.85. The number of benzene rings is 2. The molecule has 0 bridgehead atoms. The molecule has 0 radical (unpaired) electrons. The predicted molar refractivity (Wildman–Crippen MR) is 148 cm³/mol. The van der Waals surface area contributed by atoms with Crippen LogP contribution < -0.4 is 4.90 Å². The van der Waals surface area contributed by atoms with Gasteiger partial charge in [0, 0.05) is 19.2 Å². The Morgan fingerprint density at radius 2 is 1.64 bits per heavy atom. The summed E-state index contributed by atoms with van der Waals surface area (Å²) in [5, 5.41) is 2.34. The number of hydrogen-bond acceptors (Lipinski definition) is 8. The molecule has 3 fully saturated rings. The van der Waals surface area contributed by atoms with Crippen LogP contribution in [0.2, 0.25) is 0 Å². The predicted octanol–water partition coefficient (Wildman–Crippen LogP) is 4.08. The lowest BCUT2D eigenvalue weighted by Crippen LogP contribution is -2.75. The zero-order valence-electron chi connectivity index (χ0n) is 21.3. The third-order valence-corrected chi connectivity index (χ3v) is 9.75. The van der Waals surface area contributed by atoms with Gasteiger partial charge in [-0.15, -0.1) is 23.1 Å². The number of fused-ring (bicyclic) bond motifs is 1. The summed E-state index contributed by atoms with van der Waals surface area (Å²) in [6.45, 7) is 2.29. The molecule has 39 heavy (non-hydrogen) atoms. The number of esters is 1. The van der Waals surface area contributed by atoms with Crippen molar-refractivity contribution in [2.45, 2.75) is 30.7 Å². The van der Waals surface area contributed by atoms with Gasteiger partial charge in [0.05, 0.1) is 18.2 Å². The molecule has 2 aromatic carbocycles. The maximum Gasteiger partial charge on any atom is 0.320 e. The third-order valence-electron chi connectivity index (χ3n) is 7.35. The van der Waals surface area contributed by atoms with Gasteiger partial charge in [0.1, 0.15) is 16.8 Å². The summed E-state index contributed by atoms with van der Waals surface area (Å²) < 4.78 is 18.1. The molecule has 3 aromatic rings. The van der Waals surface area contributed by atoms with Gasteiger partial charge in [-0.2, -0.15) is 0 Å². The highest BCUT2D eigenvalue weighted by atomic mass is 32.2. The molecular weight excluding hydrogens is 536 g/mol. The fourth-order valence-corrected chi connectivity index (χ4v) is 7.82. The molecule has 0 aliphatic carbocycles. The zero-order valence-corrected chi connectivity index (χ0v) is 22.9. The van der Waals surface area contributed by atoms with Gasteiger partial charge in [-0.1, -0.05) is 60.7 Å². The molecule has 3 aliphatic rings. The Morgan fingerprint density at radius 3 is 2.21 bits per heavy atom. The molecule has 4 heterocycles. The second-order valence-electron chi connectivity index (χ2n) is 9.79. The van der Waals surface area contributed by atoms with Crippen molar-refractivity contribution in [3.63, 3.8) is 0 Å². The van der Waals surface area contributed by atoms with Crippen molar-refractivity contribution in [1.82, 2.24) is 4.90 Å². The van der Waals surface area contributed by atoms with Crippen molar-refractivity contribution in [3.05, 3.63) is 89.3 Å². The van der Waals surface area contributed by atoms with Gasteiger partial charge >= 0.3 is 5.97 Å². The zero-order chi connectivity index (χ0) is 27.0. The minimum Gasteiger partial charge on any atom is -0.452 e. The number of β-lactam (4-membered cyclic amide) rings is 1. The number of nitrogens with zero attached hydrogens (tertiary/aromatic N) is 2. The highest BCUT2D eigenvalue weighted by molar-refractivity contribution is 8.00. The molecule has 1 aromatic heterocycles. The number of ether oxygens (including phenoxy) is 3. The Hall–Kier alpha value is -3.18. The standard InChI is InChI=1S/C29H28N2O6S2/c1-19(32)31(22-13-8-16-38-22)23-25(33)30-17-29(18-39-26(23)30,28-35-14-15-36-28)27(34)37-24(20-9-4-2-5-10-20)21-11-6-3-7-12-21/h2-13,16,23-24,26,28H,14-15,17-18H2,1H3/t23?,26-,29?/m1/s1. The first-order valence-electron chi connectivity index (χ1n) is 12.8. The van der Waals surface area contributed by atoms with Crippen LogP contribution in [0.15, 0.2) is 78.2 Å². The molecule has 3 atom stereocenters. The molecule has 2 amide bonds. The lowest BCUT2D eigenvalue weighted by molar-refractivity contribution is -0.193. The molecule has 0 saturated carbocycles. The van der Waals surface area contributed by atoms with E-state index in [0.29, 0.717) is 19.0 Å². The average Bonchev–Trinajstić information content (AvgIpc) is 3.70. The van der Waals surface area contributed by atoms with Crippen LogP contribution in [0.3, 0.4) is 0 Å². The van der Waals surface area contributed by atoms with E-state index in [9.17, 15) is 14.4 Å². The monoisotopic (exact) mass is 564 g/mol. The number of anilines is 1. The van der Waals surface area contributed by atoms with E-state index in [0.717, 1.165) is 16.1 Å². The number of thiophene rings is 1. The molecule has 0 N–H and O–H groups in total. The van der Waals surface area contributed by atoms with E-state index in [1.165, 1.54) is 30.0 Å². The van der Waals surface area contributed by atoms with Crippen LogP contribution >= 0.6 is 23.1 Å². The van der Waals surface area contributed by atoms with Gasteiger partial charge in [0.25, 0.3) is 0 Å². The number of rotatable bonds is 7. The van der Waals surface area contributed by atoms with E-state index in [2.05, 4.69) is 0 Å². The van der Waals surface area contributed by atoms with Crippen LogP contribution in [-0.2, 0) is 28.6 Å². The van der Waals surface area contributed by atoms with Crippen LogP contribution in [0.25, 0.3) is 0 Å². The van der Waals surface area contributed by atoms with Gasteiger partial charge in [0.2, 0.25) is 11.8 Å². The van der Waals surface area contributed by atoms with Crippen molar-refractivity contribution in [2.75, 3.05) is 30.4 Å². The Kier molecular flexibility index (Phi) is 7.20. The van der Waals surface area contributed by atoms with Gasteiger partial charge in [-0.25, -0.2) is 0 Å². The van der Waals surface area contributed by atoms with E-state index < -0.39 is 29.8 Å². The fraction of sp³-hybridized carbons (Fsp3) is 0.345. The molecule has 2 unspecified atom stereocenters. The molecule has 3 saturated heterocycles. The summed E-state index contributed by atoms with van der Waals surface area (Å²) in [4.78, 5) is 43.5. The van der Waals surface area contributed by atoms with Crippen molar-refractivity contribution >= 4 is 45.9 Å². The Balaban J connectivity index is 1.29. The van der Waals surface area contributed by atoms with Crippen molar-refractivity contribution in [3.8, 4) is 0 Å². The van der Waals surface area contributed by atoms with E-state index in [1.807, 2.05) is 78.2 Å². The maximum absolute atomic E-state index is 14.2. The normalized spacial score (nSPS) is 24.8. The molecule has 202 valence electrons. The van der Waals surface area contributed by atoms with E-state index in [4.69, 9.17) is 14.2 Å². The van der Waals surface area contributed by atoms with Crippen molar-refractivity contribution in [1.29, 1.82) is 0 Å². The third kappa shape index (κ3) is 4.65. The first-order chi connectivity index (χ1) is 19.0. The van der Waals surface area contributed by atoms with E-state index in [-0.39, 0.29) is 23.7 Å². The van der Waals surface area contributed by atoms with Crippen LogP contribution in [0.4, 0.5) is 5.00 Å². The van der Waals surface area contributed by atoms with Gasteiger partial charge < -0.3 is 19.1 Å². The quantitative estimate of drug-likeness (QED) is 0.316. The summed E-state index contributed by atoms with van der Waals surface area (Å²) in [6, 6.07) is 22.3. The van der Waals surface area contributed by atoms with Crippen LogP contribution in [0.1, 0.15) is 24.2 Å². The number of carbonyl (C=O) groups excluding carboxylic acids is 3. The van der Waals surface area contributed by atoms with Gasteiger partial charge in [-0.05, 0) is 28.6 Å². The van der Waals surface area contributed by atoms with Crippen LogP contribution in [-0.4, -0.2) is 65.9 Å². The largest absolute Gasteiger partial charge is 0.452 e. The number of hydrogen-bond donors (Lipinski definition) is 0. The molecular formula is C29H28N2O6S2. The topological polar surface area (TPSA) is 85.4 Å². The van der Waals surface area contributed by atoms with E-state index >= 15 is 0 Å². The van der Waals surface area contributed by atoms with Crippen molar-refractivity contribution < 1.29 is 28.6 Å². The number of thioether (sulfide) groups is 1. The van der Waals surface area contributed by atoms with Gasteiger partial charge in [0.15, 0.2) is 12.4 Å². The molecule has 10 heteroatoms. The molecule has 8 nitrogen and oxygen atoms in total. The second-order valence-corrected chi connectivity index (χ2v) is 11.8. The molecule has 6 rings (SSSR count). The lowest BCUT2D eigenvalue weighted by Gasteiger charge is -2.56. The van der Waals surface area contributed by atoms with E-state index in [1.54, 1.807) is 9.80 Å². The SMILES string of the molecule is CC(=O)N(c1cccs1)C1C(=O)N2CC(C(=O)OC(c3ccccc3)c3ccccc3)(C3OCCO3)CS[C@H]12. The Labute approximate surface area is 234 Å². The summed E-state index contributed by atoms with van der Waals surface area (Å²) in [5.74, 6) is -0.540. The minimum atomic E-state index is -1.22. The average molecular weight is 565 g/mol. The Bertz CT molecular complexity index is 1290. The second kappa shape index (κ2) is 10.8. The number of carbonyl (C=O) groups is 3. The van der Waals surface area contributed by atoms with Crippen molar-refractivity contribution in [2.24, 2.45) is 5.41 Å². The highest BCUT2D eigenvalue weighted by Crippen LogP contribution is 2.49. The first kappa shape index (κ1) is 26.1. The fourth-order valence-electron chi connectivity index (χ4n) is 5.42. The smallest absolute Gasteiger partial charge is 0.320 e.